The minimum atomic E-state index is 0.145. The molecular weight excluding hydrogens is 406 g/mol. The van der Waals surface area contributed by atoms with Crippen molar-refractivity contribution in [3.63, 3.8) is 0 Å². The van der Waals surface area contributed by atoms with Gasteiger partial charge in [0, 0.05) is 49.8 Å². The molecule has 0 saturated carbocycles. The van der Waals surface area contributed by atoms with Crippen LogP contribution >= 0.6 is 0 Å². The molecule has 1 atom stereocenters. The Kier molecular flexibility index (Phi) is 7.41. The lowest BCUT2D eigenvalue weighted by Gasteiger charge is -2.40. The second-order valence-corrected chi connectivity index (χ2v) is 11.3. The summed E-state index contributed by atoms with van der Waals surface area (Å²) >= 11 is 0. The quantitative estimate of drug-likeness (QED) is 0.558. The number of pyridine rings is 1. The molecule has 1 aromatic carbocycles. The lowest BCUT2D eigenvalue weighted by Crippen LogP contribution is -2.40. The predicted molar refractivity (Wildman–Crippen MR) is 137 cm³/mol. The number of hydrogen-bond acceptors (Lipinski definition) is 3. The fourth-order valence-corrected chi connectivity index (χ4v) is 5.77. The molecule has 0 N–H and O–H groups in total. The van der Waals surface area contributed by atoms with E-state index in [-0.39, 0.29) is 5.91 Å². The molecular formula is C29H41N3O. The molecule has 1 aromatic heterocycles. The normalized spacial score (nSPS) is 19.5. The van der Waals surface area contributed by atoms with Crippen molar-refractivity contribution in [3.05, 3.63) is 59.9 Å². The summed E-state index contributed by atoms with van der Waals surface area (Å²) in [7, 11) is 0. The number of anilines is 1. The van der Waals surface area contributed by atoms with Crippen LogP contribution in [0.25, 0.3) is 0 Å². The highest BCUT2D eigenvalue weighted by atomic mass is 16.2. The molecule has 2 aliphatic heterocycles. The number of aromatic nitrogens is 1. The van der Waals surface area contributed by atoms with Gasteiger partial charge >= 0.3 is 0 Å². The monoisotopic (exact) mass is 447 g/mol. The number of amides is 1. The van der Waals surface area contributed by atoms with Gasteiger partial charge in [-0.1, -0.05) is 39.8 Å². The van der Waals surface area contributed by atoms with Gasteiger partial charge in [-0.3, -0.25) is 9.78 Å². The third kappa shape index (κ3) is 5.96. The first-order valence-corrected chi connectivity index (χ1v) is 12.8. The van der Waals surface area contributed by atoms with Crippen LogP contribution in [0.5, 0.6) is 0 Å². The van der Waals surface area contributed by atoms with Crippen molar-refractivity contribution < 1.29 is 4.79 Å². The van der Waals surface area contributed by atoms with Crippen molar-refractivity contribution in [2.45, 2.75) is 59.8 Å². The van der Waals surface area contributed by atoms with Gasteiger partial charge in [-0.25, -0.2) is 0 Å². The molecule has 0 spiro atoms. The van der Waals surface area contributed by atoms with Crippen molar-refractivity contribution in [2.24, 2.45) is 23.2 Å². The summed E-state index contributed by atoms with van der Waals surface area (Å²) in [6, 6.07) is 12.9. The first-order chi connectivity index (χ1) is 15.8. The Morgan fingerprint density at radius 1 is 1.00 bits per heavy atom. The molecule has 178 valence electrons. The molecule has 4 rings (SSSR count). The number of nitrogens with zero attached hydrogens (tertiary/aromatic N) is 3. The number of hydrogen-bond donors (Lipinski definition) is 0. The van der Waals surface area contributed by atoms with E-state index in [0.29, 0.717) is 17.3 Å². The molecule has 4 nitrogen and oxygen atoms in total. The van der Waals surface area contributed by atoms with Gasteiger partial charge in [0.2, 0.25) is 0 Å². The van der Waals surface area contributed by atoms with E-state index in [9.17, 15) is 4.79 Å². The molecule has 2 aromatic rings. The van der Waals surface area contributed by atoms with E-state index in [1.54, 1.807) is 12.4 Å². The highest BCUT2D eigenvalue weighted by molar-refractivity contribution is 5.94. The Bertz CT molecular complexity index is 904. The smallest absolute Gasteiger partial charge is 0.253 e. The van der Waals surface area contributed by atoms with Crippen LogP contribution in [0, 0.1) is 23.2 Å². The summed E-state index contributed by atoms with van der Waals surface area (Å²) in [5.41, 5.74) is 4.01. The fourth-order valence-electron chi connectivity index (χ4n) is 5.77. The fraction of sp³-hybridized carbons (Fsp3) is 0.586. The van der Waals surface area contributed by atoms with Crippen LogP contribution in [-0.4, -0.2) is 42.0 Å². The van der Waals surface area contributed by atoms with E-state index >= 15 is 0 Å². The third-order valence-corrected chi connectivity index (χ3v) is 8.11. The van der Waals surface area contributed by atoms with Crippen LogP contribution in [0.3, 0.4) is 0 Å². The minimum absolute atomic E-state index is 0.145. The van der Waals surface area contributed by atoms with Crippen molar-refractivity contribution in [1.82, 2.24) is 9.88 Å². The average molecular weight is 448 g/mol. The third-order valence-electron chi connectivity index (χ3n) is 8.11. The van der Waals surface area contributed by atoms with Crippen LogP contribution in [0.15, 0.2) is 48.8 Å². The Morgan fingerprint density at radius 3 is 2.30 bits per heavy atom. The SMILES string of the molecule is C[C@@H](Cc1cccc(N2CCC(C(C)(C)C)CC2)c1)C1CCN(C(=O)c2ccncc2)CC1. The number of carbonyl (C=O) groups is 1. The van der Waals surface area contributed by atoms with E-state index < -0.39 is 0 Å². The Labute approximate surface area is 200 Å². The van der Waals surface area contributed by atoms with Crippen LogP contribution in [0.4, 0.5) is 5.69 Å². The van der Waals surface area contributed by atoms with Gasteiger partial charge in [-0.2, -0.15) is 0 Å². The molecule has 0 aliphatic carbocycles. The van der Waals surface area contributed by atoms with Gasteiger partial charge in [0.05, 0.1) is 0 Å². The van der Waals surface area contributed by atoms with E-state index in [2.05, 4.69) is 61.8 Å². The van der Waals surface area contributed by atoms with Gasteiger partial charge in [0.15, 0.2) is 0 Å². The summed E-state index contributed by atoms with van der Waals surface area (Å²) in [5, 5.41) is 0. The molecule has 0 radical (unpaired) electrons. The number of piperidine rings is 2. The minimum Gasteiger partial charge on any atom is -0.372 e. The molecule has 2 fully saturated rings. The topological polar surface area (TPSA) is 36.4 Å². The lowest BCUT2D eigenvalue weighted by atomic mass is 9.75. The molecule has 2 saturated heterocycles. The summed E-state index contributed by atoms with van der Waals surface area (Å²) in [6.45, 7) is 13.6. The number of likely N-dealkylation sites (tertiary alicyclic amines) is 1. The van der Waals surface area contributed by atoms with Crippen LogP contribution < -0.4 is 4.90 Å². The van der Waals surface area contributed by atoms with Gasteiger partial charge in [-0.05, 0) is 85.1 Å². The van der Waals surface area contributed by atoms with Crippen LogP contribution in [-0.2, 0) is 6.42 Å². The van der Waals surface area contributed by atoms with Gasteiger partial charge in [0.1, 0.15) is 0 Å². The predicted octanol–water partition coefficient (Wildman–Crippen LogP) is 6.08. The van der Waals surface area contributed by atoms with E-state index in [0.717, 1.165) is 43.8 Å². The Hall–Kier alpha value is -2.36. The molecule has 4 heteroatoms. The summed E-state index contributed by atoms with van der Waals surface area (Å²) in [4.78, 5) is 21.3. The van der Waals surface area contributed by atoms with Crippen molar-refractivity contribution >= 4 is 11.6 Å². The highest BCUT2D eigenvalue weighted by Crippen LogP contribution is 2.36. The first-order valence-electron chi connectivity index (χ1n) is 12.8. The molecule has 1 amide bonds. The van der Waals surface area contributed by atoms with E-state index in [4.69, 9.17) is 0 Å². The van der Waals surface area contributed by atoms with Crippen molar-refractivity contribution in [3.8, 4) is 0 Å². The zero-order valence-corrected chi connectivity index (χ0v) is 21.0. The summed E-state index contributed by atoms with van der Waals surface area (Å²) < 4.78 is 0. The molecule has 3 heterocycles. The second-order valence-electron chi connectivity index (χ2n) is 11.3. The average Bonchev–Trinajstić information content (AvgIpc) is 2.84. The number of benzene rings is 1. The molecule has 0 unspecified atom stereocenters. The van der Waals surface area contributed by atoms with E-state index in [1.807, 2.05) is 17.0 Å². The van der Waals surface area contributed by atoms with Gasteiger partial charge in [-0.15, -0.1) is 0 Å². The second kappa shape index (κ2) is 10.3. The van der Waals surface area contributed by atoms with Gasteiger partial charge in [0.25, 0.3) is 5.91 Å². The standard InChI is InChI=1S/C29H41N3O/c1-22(24-10-16-32(17-11-24)28(33)25-8-14-30-15-9-25)20-23-6-5-7-27(21-23)31-18-12-26(13-19-31)29(2,3)4/h5-9,14-15,21-22,24,26H,10-13,16-20H2,1-4H3/t22-/m0/s1. The molecule has 2 aliphatic rings. The zero-order valence-electron chi connectivity index (χ0n) is 21.0. The zero-order chi connectivity index (χ0) is 23.4. The van der Waals surface area contributed by atoms with Crippen molar-refractivity contribution in [1.29, 1.82) is 0 Å². The summed E-state index contributed by atoms with van der Waals surface area (Å²) in [6.07, 6.45) is 9.29. The summed E-state index contributed by atoms with van der Waals surface area (Å²) in [5.74, 6) is 2.28. The maximum atomic E-state index is 12.7. The molecule has 0 bridgehead atoms. The largest absolute Gasteiger partial charge is 0.372 e. The number of rotatable bonds is 5. The molecule has 33 heavy (non-hydrogen) atoms. The number of carbonyl (C=O) groups excluding carboxylic acids is 1. The Morgan fingerprint density at radius 2 is 1.67 bits per heavy atom. The maximum absolute atomic E-state index is 12.7. The van der Waals surface area contributed by atoms with Gasteiger partial charge < -0.3 is 9.80 Å². The van der Waals surface area contributed by atoms with Crippen LogP contribution in [0.1, 0.15) is 69.3 Å². The first kappa shape index (κ1) is 23.8. The lowest BCUT2D eigenvalue weighted by molar-refractivity contribution is 0.0662. The van der Waals surface area contributed by atoms with Crippen LogP contribution in [0.2, 0.25) is 0 Å². The Balaban J connectivity index is 1.29. The van der Waals surface area contributed by atoms with E-state index in [1.165, 1.54) is 37.2 Å². The maximum Gasteiger partial charge on any atom is 0.253 e. The highest BCUT2D eigenvalue weighted by Gasteiger charge is 2.29. The van der Waals surface area contributed by atoms with Crippen molar-refractivity contribution in [2.75, 3.05) is 31.1 Å².